The maximum absolute atomic E-state index is 11.5. The van der Waals surface area contributed by atoms with E-state index in [9.17, 15) is 18.1 Å². The van der Waals surface area contributed by atoms with Crippen molar-refractivity contribution in [1.29, 1.82) is 0 Å². The Kier molecular flexibility index (Phi) is 10.1. The molecule has 38 heavy (non-hydrogen) atoms. The van der Waals surface area contributed by atoms with Gasteiger partial charge in [-0.15, -0.1) is 10.2 Å². The predicted octanol–water partition coefficient (Wildman–Crippen LogP) is 5.41. The smallest absolute Gasteiger partial charge is 0.744 e. The molecule has 198 valence electrons. The third-order valence-corrected chi connectivity index (χ3v) is 7.64. The minimum Gasteiger partial charge on any atom is -0.744 e. The van der Waals surface area contributed by atoms with Gasteiger partial charge in [-0.05, 0) is 52.6 Å². The van der Waals surface area contributed by atoms with Gasteiger partial charge in [0.25, 0.3) is 0 Å². The van der Waals surface area contributed by atoms with Crippen molar-refractivity contribution in [2.24, 2.45) is 15.6 Å². The molecule has 0 saturated carbocycles. The number of phenolic OH excluding ortho intramolecular Hbond substituents is 1. The summed E-state index contributed by atoms with van der Waals surface area (Å²) in [7, 11) is -4.69. The summed E-state index contributed by atoms with van der Waals surface area (Å²) < 4.78 is 34.4. The molecule has 0 aliphatic carbocycles. The Morgan fingerprint density at radius 1 is 0.842 bits per heavy atom. The maximum atomic E-state index is 11.5. The molecule has 9 heteroatoms. The normalized spacial score (nSPS) is 13.0. The average molecular weight is 565 g/mol. The summed E-state index contributed by atoms with van der Waals surface area (Å²) in [4.78, 5) is -0.457. The third kappa shape index (κ3) is 7.68. The van der Waals surface area contributed by atoms with E-state index in [0.717, 1.165) is 29.7 Å². The monoisotopic (exact) mass is 564 g/mol. The quantitative estimate of drug-likeness (QED) is 0.235. The number of nitrogens with zero attached hydrogens (tertiary/aromatic N) is 2. The molecule has 3 aromatic carbocycles. The molecule has 0 fully saturated rings. The van der Waals surface area contributed by atoms with Crippen molar-refractivity contribution in [1.82, 2.24) is 0 Å². The van der Waals surface area contributed by atoms with Crippen molar-refractivity contribution in [3.63, 3.8) is 0 Å². The van der Waals surface area contributed by atoms with Crippen LogP contribution in [0.15, 0.2) is 75.8 Å². The van der Waals surface area contributed by atoms with Gasteiger partial charge >= 0.3 is 29.6 Å². The van der Waals surface area contributed by atoms with Crippen molar-refractivity contribution in [3.8, 4) is 5.75 Å². The molecule has 3 rings (SSSR count). The summed E-state index contributed by atoms with van der Waals surface area (Å²) >= 11 is 6.20. The molecular weight excluding hydrogens is 531 g/mol. The zero-order valence-electron chi connectivity index (χ0n) is 23.3. The van der Waals surface area contributed by atoms with E-state index in [0.29, 0.717) is 5.56 Å². The first kappa shape index (κ1) is 32.5. The Balaban J connectivity index is 0.00000507. The molecule has 0 aliphatic heterocycles. The number of azo groups is 1. The number of hydrogen-bond acceptors (Lipinski definition) is 6. The Bertz CT molecular complexity index is 1430. The van der Waals surface area contributed by atoms with Crippen LogP contribution < -0.4 is 29.6 Å². The average Bonchev–Trinajstić information content (AvgIpc) is 2.77. The van der Waals surface area contributed by atoms with Gasteiger partial charge < -0.3 is 9.66 Å². The zero-order valence-corrected chi connectivity index (χ0v) is 26.9. The van der Waals surface area contributed by atoms with Crippen LogP contribution >= 0.6 is 11.6 Å². The largest absolute Gasteiger partial charge is 1.00 e. The van der Waals surface area contributed by atoms with Gasteiger partial charge in [-0.25, -0.2) is 8.42 Å². The van der Waals surface area contributed by atoms with Crippen molar-refractivity contribution >= 4 is 33.1 Å². The van der Waals surface area contributed by atoms with E-state index in [1.54, 1.807) is 6.07 Å². The molecule has 0 radical (unpaired) electrons. The van der Waals surface area contributed by atoms with Crippen LogP contribution in [0.2, 0.25) is 5.02 Å². The van der Waals surface area contributed by atoms with Crippen molar-refractivity contribution in [3.05, 3.63) is 82.4 Å². The second-order valence-corrected chi connectivity index (χ2v) is 13.6. The van der Waals surface area contributed by atoms with Gasteiger partial charge in [-0.1, -0.05) is 96.5 Å². The number of hydrogen-bond donors (Lipinski definition) is 1. The zero-order chi connectivity index (χ0) is 27.8. The van der Waals surface area contributed by atoms with Gasteiger partial charge in [-0.3, -0.25) is 0 Å². The fourth-order valence-corrected chi connectivity index (χ4v) is 5.48. The molecule has 0 atom stereocenters. The van der Waals surface area contributed by atoms with E-state index in [1.807, 2.05) is 50.2 Å². The Morgan fingerprint density at radius 3 is 1.97 bits per heavy atom. The topological polar surface area (TPSA) is 102 Å². The van der Waals surface area contributed by atoms with Gasteiger partial charge in [0.05, 0.1) is 9.92 Å². The second-order valence-electron chi connectivity index (χ2n) is 11.8. The minimum atomic E-state index is -4.69. The van der Waals surface area contributed by atoms with Crippen LogP contribution in [0.1, 0.15) is 71.6 Å². The van der Waals surface area contributed by atoms with Crippen molar-refractivity contribution in [2.75, 3.05) is 0 Å². The van der Waals surface area contributed by atoms with E-state index in [1.165, 1.54) is 6.07 Å². The number of halogens is 1. The fourth-order valence-electron chi connectivity index (χ4n) is 4.83. The van der Waals surface area contributed by atoms with Gasteiger partial charge in [0.2, 0.25) is 0 Å². The Labute approximate surface area is 253 Å². The van der Waals surface area contributed by atoms with Crippen LogP contribution in [-0.2, 0) is 20.9 Å². The van der Waals surface area contributed by atoms with E-state index in [2.05, 4.69) is 44.8 Å². The number of phenols is 1. The Morgan fingerprint density at radius 2 is 1.42 bits per heavy atom. The van der Waals surface area contributed by atoms with E-state index in [-0.39, 0.29) is 62.5 Å². The van der Waals surface area contributed by atoms with Crippen LogP contribution in [-0.4, -0.2) is 18.1 Å². The summed E-state index contributed by atoms with van der Waals surface area (Å²) in [5.74, 6) is -0.0309. The molecule has 0 aliphatic rings. The van der Waals surface area contributed by atoms with Gasteiger partial charge in [0, 0.05) is 11.0 Å². The molecule has 0 saturated heterocycles. The first-order valence-electron chi connectivity index (χ1n) is 12.0. The van der Waals surface area contributed by atoms with E-state index in [4.69, 9.17) is 11.6 Å². The van der Waals surface area contributed by atoms with E-state index >= 15 is 0 Å². The summed E-state index contributed by atoms with van der Waals surface area (Å²) in [6.07, 6.45) is 0.877. The molecule has 0 unspecified atom stereocenters. The van der Waals surface area contributed by atoms with Gasteiger partial charge in [0.15, 0.2) is 0 Å². The van der Waals surface area contributed by atoms with Gasteiger partial charge in [-0.2, -0.15) is 0 Å². The minimum absolute atomic E-state index is 0. The maximum Gasteiger partial charge on any atom is 1.00 e. The van der Waals surface area contributed by atoms with Crippen LogP contribution in [0.4, 0.5) is 11.4 Å². The first-order valence-corrected chi connectivity index (χ1v) is 13.8. The fraction of sp³-hybridized carbons (Fsp3) is 0.379. The molecule has 0 spiro atoms. The predicted molar refractivity (Wildman–Crippen MR) is 147 cm³/mol. The molecule has 3 aromatic rings. The Hall–Kier alpha value is -1.74. The van der Waals surface area contributed by atoms with E-state index < -0.39 is 20.4 Å². The van der Waals surface area contributed by atoms with Crippen LogP contribution in [0.25, 0.3) is 0 Å². The van der Waals surface area contributed by atoms with Crippen LogP contribution in [0, 0.1) is 5.41 Å². The van der Waals surface area contributed by atoms with Crippen LogP contribution in [0.5, 0.6) is 5.75 Å². The standard InChI is InChI=1S/C29H35ClN2O4S.Na/c1-27(2,3)18-28(4,5)20-15-22(29(6,7)19-11-9-8-10-12-19)26(33)25(16-20)32-31-24-17-21(37(34,35)36)13-14-23(24)30;/h8-17,33H,18H2,1-7H3,(H,34,35,36);/q;+1/p-1. The second kappa shape index (κ2) is 11.8. The summed E-state index contributed by atoms with van der Waals surface area (Å²) in [5, 5.41) is 20.0. The van der Waals surface area contributed by atoms with Crippen molar-refractivity contribution < 1.29 is 47.6 Å². The summed E-state index contributed by atoms with van der Waals surface area (Å²) in [6, 6.07) is 17.2. The summed E-state index contributed by atoms with van der Waals surface area (Å²) in [5.41, 5.74) is 2.17. The number of aromatic hydroxyl groups is 1. The summed E-state index contributed by atoms with van der Waals surface area (Å²) in [6.45, 7) is 14.9. The van der Waals surface area contributed by atoms with Gasteiger partial charge in [0.1, 0.15) is 27.2 Å². The molecule has 6 nitrogen and oxygen atoms in total. The molecule has 0 bridgehead atoms. The van der Waals surface area contributed by atoms with Crippen LogP contribution in [0.3, 0.4) is 0 Å². The molecule has 0 heterocycles. The number of benzene rings is 3. The molecular formula is C29H34ClN2NaO4S. The van der Waals surface area contributed by atoms with Crippen molar-refractivity contribution in [2.45, 2.75) is 70.6 Å². The number of rotatable bonds is 7. The molecule has 0 amide bonds. The first-order chi connectivity index (χ1) is 16.9. The molecule has 1 N–H and O–H groups in total. The molecule has 0 aromatic heterocycles. The SMILES string of the molecule is CC(C)(C)CC(C)(C)c1cc(N=Nc2cc(S(=O)(=O)[O-])ccc2Cl)c(O)c(C(C)(C)c2ccccc2)c1.[Na+]. The third-order valence-electron chi connectivity index (χ3n) is 6.48.